The van der Waals surface area contributed by atoms with Crippen LogP contribution in [0.25, 0.3) is 32.9 Å². The zero-order valence-electron chi connectivity index (χ0n) is 21.8. The first-order chi connectivity index (χ1) is 19.1. The summed E-state index contributed by atoms with van der Waals surface area (Å²) in [4.78, 5) is 34.6. The molecular weight excluding hydrogens is 492 g/mol. The Kier molecular flexibility index (Phi) is 5.70. The Morgan fingerprint density at radius 3 is 2.74 bits per heavy atom. The van der Waals surface area contributed by atoms with E-state index in [1.165, 1.54) is 6.33 Å². The molecule has 0 spiro atoms. The van der Waals surface area contributed by atoms with Crippen molar-refractivity contribution in [2.45, 2.75) is 37.9 Å². The van der Waals surface area contributed by atoms with Gasteiger partial charge in [0.25, 0.3) is 5.91 Å². The number of benzene rings is 1. The summed E-state index contributed by atoms with van der Waals surface area (Å²) in [6.07, 6.45) is 8.95. The molecule has 6 heterocycles. The van der Waals surface area contributed by atoms with E-state index in [1.807, 2.05) is 67.7 Å². The summed E-state index contributed by atoms with van der Waals surface area (Å²) in [6.45, 7) is 3.16. The molecule has 0 aliphatic carbocycles. The summed E-state index contributed by atoms with van der Waals surface area (Å²) in [6, 6.07) is 11.8. The molecule has 5 aromatic rings. The zero-order valence-corrected chi connectivity index (χ0v) is 21.8. The van der Waals surface area contributed by atoms with E-state index in [0.29, 0.717) is 30.2 Å². The molecule has 2 aliphatic heterocycles. The van der Waals surface area contributed by atoms with E-state index in [4.69, 9.17) is 9.72 Å². The van der Waals surface area contributed by atoms with Crippen molar-refractivity contribution in [1.82, 2.24) is 34.6 Å². The number of nitrogens with zero attached hydrogens (tertiary/aromatic N) is 7. The molecular formula is C29H28N8O2. The summed E-state index contributed by atoms with van der Waals surface area (Å²) in [5.74, 6) is 0.577. The highest BCUT2D eigenvalue weighted by Crippen LogP contribution is 2.36. The van der Waals surface area contributed by atoms with Crippen LogP contribution in [0.3, 0.4) is 0 Å². The quantitative estimate of drug-likeness (QED) is 0.368. The van der Waals surface area contributed by atoms with Gasteiger partial charge in [-0.15, -0.1) is 0 Å². The van der Waals surface area contributed by atoms with Crippen LogP contribution in [0.4, 0.5) is 5.82 Å². The van der Waals surface area contributed by atoms with Gasteiger partial charge in [-0.05, 0) is 48.9 Å². The molecule has 0 saturated carbocycles. The summed E-state index contributed by atoms with van der Waals surface area (Å²) < 4.78 is 7.54. The van der Waals surface area contributed by atoms with Crippen molar-refractivity contribution in [3.05, 3.63) is 72.7 Å². The summed E-state index contributed by atoms with van der Waals surface area (Å²) >= 11 is 0. The molecule has 4 aromatic heterocycles. The lowest BCUT2D eigenvalue weighted by Gasteiger charge is -2.35. The molecule has 1 amide bonds. The van der Waals surface area contributed by atoms with Gasteiger partial charge in [-0.3, -0.25) is 14.5 Å². The van der Waals surface area contributed by atoms with Gasteiger partial charge >= 0.3 is 0 Å². The van der Waals surface area contributed by atoms with Crippen molar-refractivity contribution in [2.75, 3.05) is 18.5 Å². The Morgan fingerprint density at radius 2 is 1.95 bits per heavy atom. The highest BCUT2D eigenvalue weighted by atomic mass is 16.5. The van der Waals surface area contributed by atoms with Gasteiger partial charge in [0.05, 0.1) is 48.7 Å². The van der Waals surface area contributed by atoms with Gasteiger partial charge in [-0.1, -0.05) is 18.2 Å². The van der Waals surface area contributed by atoms with E-state index in [2.05, 4.69) is 25.4 Å². The van der Waals surface area contributed by atoms with Crippen molar-refractivity contribution in [1.29, 1.82) is 0 Å². The fourth-order valence-electron chi connectivity index (χ4n) is 5.87. The van der Waals surface area contributed by atoms with E-state index in [9.17, 15) is 4.79 Å². The third-order valence-corrected chi connectivity index (χ3v) is 7.76. The van der Waals surface area contributed by atoms with Gasteiger partial charge in [0.15, 0.2) is 5.82 Å². The Bertz CT molecular complexity index is 1700. The fraction of sp³-hybridized carbons (Fsp3) is 0.310. The lowest BCUT2D eigenvalue weighted by atomic mass is 9.97. The SMILES string of the molecule is C[C@H](Nc1ncnc2cccnc12)c1cc2cccc(-c3cnn(C)c3)c2c(C(=O)N2C3CCC2COC3)n1. The number of amides is 1. The fourth-order valence-corrected chi connectivity index (χ4v) is 5.87. The molecule has 10 heteroatoms. The zero-order chi connectivity index (χ0) is 26.5. The van der Waals surface area contributed by atoms with Crippen molar-refractivity contribution < 1.29 is 9.53 Å². The van der Waals surface area contributed by atoms with Gasteiger partial charge in [0, 0.05) is 30.4 Å². The number of nitrogens with one attached hydrogen (secondary N) is 1. The molecule has 2 aliphatic rings. The van der Waals surface area contributed by atoms with E-state index < -0.39 is 0 Å². The van der Waals surface area contributed by atoms with Gasteiger partial charge in [0.1, 0.15) is 17.5 Å². The second-order valence-corrected chi connectivity index (χ2v) is 10.3. The molecule has 2 bridgehead atoms. The van der Waals surface area contributed by atoms with Crippen molar-refractivity contribution >= 4 is 33.5 Å². The second-order valence-electron chi connectivity index (χ2n) is 10.3. The standard InChI is InChI=1S/C29H28N8O2/c1-17(34-28-26-23(31-16-32-28)7-4-10-30-26)24-11-18-5-3-6-22(19-12-33-36(2)13-19)25(18)27(35-24)29(38)37-20-8-9-21(37)15-39-14-20/h3-7,10-13,16-17,20-21H,8-9,14-15H2,1-2H3,(H,31,32,34)/t17-,20?,21?/m0/s1. The Morgan fingerprint density at radius 1 is 1.10 bits per heavy atom. The number of carbonyl (C=O) groups is 1. The molecule has 2 fully saturated rings. The maximum Gasteiger partial charge on any atom is 0.273 e. The van der Waals surface area contributed by atoms with Crippen LogP contribution in [0.5, 0.6) is 0 Å². The first-order valence-electron chi connectivity index (χ1n) is 13.2. The minimum atomic E-state index is -0.246. The number of morpholine rings is 1. The van der Waals surface area contributed by atoms with Crippen LogP contribution in [0.15, 0.2) is 61.3 Å². The third-order valence-electron chi connectivity index (χ3n) is 7.76. The molecule has 39 heavy (non-hydrogen) atoms. The van der Waals surface area contributed by atoms with Gasteiger partial charge < -0.3 is 15.0 Å². The van der Waals surface area contributed by atoms with E-state index >= 15 is 0 Å². The minimum Gasteiger partial charge on any atom is -0.377 e. The average molecular weight is 521 g/mol. The van der Waals surface area contributed by atoms with Crippen LogP contribution in [0, 0.1) is 0 Å². The van der Waals surface area contributed by atoms with Crippen LogP contribution in [0.1, 0.15) is 42.0 Å². The Balaban J connectivity index is 1.36. The molecule has 7 rings (SSSR count). The van der Waals surface area contributed by atoms with E-state index in [-0.39, 0.29) is 24.0 Å². The van der Waals surface area contributed by atoms with Gasteiger partial charge in [-0.25, -0.2) is 15.0 Å². The van der Waals surface area contributed by atoms with Crippen LogP contribution >= 0.6 is 0 Å². The summed E-state index contributed by atoms with van der Waals surface area (Å²) in [7, 11) is 1.89. The van der Waals surface area contributed by atoms with E-state index in [0.717, 1.165) is 46.0 Å². The lowest BCUT2D eigenvalue weighted by molar-refractivity contribution is -0.00735. The largest absolute Gasteiger partial charge is 0.377 e. The summed E-state index contributed by atoms with van der Waals surface area (Å²) in [5.41, 5.74) is 4.54. The number of ether oxygens (including phenoxy) is 1. The number of hydrogen-bond acceptors (Lipinski definition) is 8. The first-order valence-corrected chi connectivity index (χ1v) is 13.2. The molecule has 3 atom stereocenters. The van der Waals surface area contributed by atoms with E-state index in [1.54, 1.807) is 10.9 Å². The third kappa shape index (κ3) is 4.08. The Labute approximate surface area is 225 Å². The molecule has 10 nitrogen and oxygen atoms in total. The first kappa shape index (κ1) is 23.7. The predicted octanol–water partition coefficient (Wildman–Crippen LogP) is 4.15. The van der Waals surface area contributed by atoms with Gasteiger partial charge in [-0.2, -0.15) is 5.10 Å². The maximum atomic E-state index is 14.3. The van der Waals surface area contributed by atoms with Gasteiger partial charge in [0.2, 0.25) is 0 Å². The number of fused-ring (bicyclic) bond motifs is 4. The molecule has 2 unspecified atom stereocenters. The second kappa shape index (κ2) is 9.39. The van der Waals surface area contributed by atoms with Crippen LogP contribution in [-0.4, -0.2) is 65.8 Å². The Hall–Kier alpha value is -4.44. The van der Waals surface area contributed by atoms with Crippen LogP contribution < -0.4 is 5.32 Å². The number of hydrogen-bond donors (Lipinski definition) is 1. The number of rotatable bonds is 5. The van der Waals surface area contributed by atoms with Crippen molar-refractivity contribution in [2.24, 2.45) is 7.05 Å². The maximum absolute atomic E-state index is 14.3. The number of aromatic nitrogens is 6. The van der Waals surface area contributed by atoms with Crippen LogP contribution in [-0.2, 0) is 11.8 Å². The topological polar surface area (TPSA) is 111 Å². The van der Waals surface area contributed by atoms with Crippen molar-refractivity contribution in [3.63, 3.8) is 0 Å². The van der Waals surface area contributed by atoms with Crippen molar-refractivity contribution in [3.8, 4) is 11.1 Å². The monoisotopic (exact) mass is 520 g/mol. The normalized spacial score (nSPS) is 19.5. The molecule has 196 valence electrons. The smallest absolute Gasteiger partial charge is 0.273 e. The highest BCUT2D eigenvalue weighted by Gasteiger charge is 2.41. The predicted molar refractivity (Wildman–Crippen MR) is 147 cm³/mol. The molecule has 1 aromatic carbocycles. The molecule has 0 radical (unpaired) electrons. The average Bonchev–Trinajstić information content (AvgIpc) is 3.50. The molecule has 1 N–H and O–H groups in total. The number of anilines is 1. The number of pyridine rings is 2. The molecule has 2 saturated heterocycles. The lowest BCUT2D eigenvalue weighted by Crippen LogP contribution is -2.49. The number of aryl methyl sites for hydroxylation is 1. The minimum absolute atomic E-state index is 0.0460. The summed E-state index contributed by atoms with van der Waals surface area (Å²) in [5, 5.41) is 9.62. The van der Waals surface area contributed by atoms with Crippen LogP contribution in [0.2, 0.25) is 0 Å². The number of carbonyl (C=O) groups excluding carboxylic acids is 1. The highest BCUT2D eigenvalue weighted by molar-refractivity contribution is 6.11.